The van der Waals surface area contributed by atoms with E-state index >= 15 is 0 Å². The van der Waals surface area contributed by atoms with Gasteiger partial charge in [-0.3, -0.25) is 9.59 Å². The number of nitrogens with one attached hydrogen (secondary N) is 2. The van der Waals surface area contributed by atoms with Gasteiger partial charge in [0.2, 0.25) is 11.8 Å². The Morgan fingerprint density at radius 1 is 0.884 bits per heavy atom. The third-order valence-electron chi connectivity index (χ3n) is 5.76. The molecule has 3 amide bonds. The molecule has 0 radical (unpaired) electrons. The Bertz CT molecular complexity index is 1290. The van der Waals surface area contributed by atoms with Gasteiger partial charge in [-0.1, -0.05) is 42.5 Å². The molecule has 12 nitrogen and oxygen atoms in total. The van der Waals surface area contributed by atoms with E-state index in [1.54, 1.807) is 71.9 Å². The molecule has 0 saturated carbocycles. The first-order valence-corrected chi connectivity index (χ1v) is 13.7. The molecule has 0 aliphatic carbocycles. The number of carbonyl (C=O) groups excluding carboxylic acids is 4. The molecule has 3 unspecified atom stereocenters. The third kappa shape index (κ3) is 11.3. The summed E-state index contributed by atoms with van der Waals surface area (Å²) in [5, 5.41) is 34.4. The van der Waals surface area contributed by atoms with E-state index < -0.39 is 66.4 Å². The number of nitriles is 1. The van der Waals surface area contributed by atoms with Crippen LogP contribution < -0.4 is 10.6 Å². The Kier molecular flexibility index (Phi) is 12.1. The van der Waals surface area contributed by atoms with E-state index in [0.29, 0.717) is 0 Å². The number of phenols is 1. The molecule has 0 saturated heterocycles. The van der Waals surface area contributed by atoms with Crippen molar-refractivity contribution in [2.75, 3.05) is 13.2 Å². The molecule has 12 heteroatoms. The normalized spacial score (nSPS) is 13.4. The van der Waals surface area contributed by atoms with Gasteiger partial charge in [0.15, 0.2) is 0 Å². The quantitative estimate of drug-likeness (QED) is 0.224. The van der Waals surface area contributed by atoms with E-state index in [1.807, 2.05) is 6.07 Å². The summed E-state index contributed by atoms with van der Waals surface area (Å²) in [5.41, 5.74) is -0.844. The summed E-state index contributed by atoms with van der Waals surface area (Å²) in [6.07, 6.45) is -0.926. The van der Waals surface area contributed by atoms with Crippen LogP contribution in [0.4, 0.5) is 4.79 Å². The summed E-state index contributed by atoms with van der Waals surface area (Å²) in [7, 11) is 0. The number of amides is 3. The van der Waals surface area contributed by atoms with Gasteiger partial charge in [0, 0.05) is 6.42 Å². The summed E-state index contributed by atoms with van der Waals surface area (Å²) < 4.78 is 10.7. The first kappa shape index (κ1) is 34.6. The number of carbonyl (C=O) groups is 4. The fourth-order valence-corrected chi connectivity index (χ4v) is 4.00. The molecule has 4 N–H and O–H groups in total. The number of ether oxygens (including phenoxy) is 2. The highest BCUT2D eigenvalue weighted by molar-refractivity contribution is 5.94. The van der Waals surface area contributed by atoms with Crippen LogP contribution in [0.5, 0.6) is 5.75 Å². The first-order valence-electron chi connectivity index (χ1n) is 13.7. The molecule has 3 atom stereocenters. The summed E-state index contributed by atoms with van der Waals surface area (Å²) in [6.45, 7) is 8.42. The standard InChI is InChI=1S/C31H40N4O8/c1-30(2,3)42-28(40)23(18-20-10-8-7-9-11-20)33-26(38)25(21-12-14-22(37)15-13-21)35(17-16-32)27(39)24(19-36)34-29(41)43-31(4,5)6/h7-15,23-25,36-37H,17-19H2,1-6H3,(H,33,38)(H,34,41). The number of hydrogen-bond acceptors (Lipinski definition) is 9. The molecule has 2 aromatic rings. The van der Waals surface area contributed by atoms with Gasteiger partial charge < -0.3 is 35.2 Å². The van der Waals surface area contributed by atoms with Crippen LogP contribution in [0.2, 0.25) is 0 Å². The van der Waals surface area contributed by atoms with Gasteiger partial charge in [0.25, 0.3) is 0 Å². The topological polar surface area (TPSA) is 178 Å². The van der Waals surface area contributed by atoms with Gasteiger partial charge in [0.05, 0.1) is 12.7 Å². The molecule has 0 fully saturated rings. The van der Waals surface area contributed by atoms with Gasteiger partial charge >= 0.3 is 12.1 Å². The largest absolute Gasteiger partial charge is 0.508 e. The average Bonchev–Trinajstić information content (AvgIpc) is 2.90. The van der Waals surface area contributed by atoms with Gasteiger partial charge in [-0.2, -0.15) is 5.26 Å². The molecule has 0 aromatic heterocycles. The lowest BCUT2D eigenvalue weighted by molar-refractivity contribution is -0.159. The predicted molar refractivity (Wildman–Crippen MR) is 156 cm³/mol. The van der Waals surface area contributed by atoms with Crippen molar-refractivity contribution in [2.24, 2.45) is 0 Å². The summed E-state index contributed by atoms with van der Waals surface area (Å²) in [6, 6.07) is 11.9. The van der Waals surface area contributed by atoms with Crippen molar-refractivity contribution in [3.05, 3.63) is 65.7 Å². The molecule has 2 aromatic carbocycles. The van der Waals surface area contributed by atoms with Crippen molar-refractivity contribution in [3.63, 3.8) is 0 Å². The van der Waals surface area contributed by atoms with E-state index in [1.165, 1.54) is 24.3 Å². The maximum Gasteiger partial charge on any atom is 0.408 e. The number of hydrogen-bond donors (Lipinski definition) is 4. The number of aliphatic hydroxyl groups is 1. The van der Waals surface area contributed by atoms with Gasteiger partial charge in [-0.05, 0) is 64.8 Å². The number of phenolic OH excluding ortho intramolecular Hbond substituents is 1. The fraction of sp³-hybridized carbons (Fsp3) is 0.452. The molecular formula is C31H40N4O8. The van der Waals surface area contributed by atoms with Gasteiger partial charge in [0.1, 0.15) is 41.6 Å². The first-order chi connectivity index (χ1) is 20.0. The Labute approximate surface area is 251 Å². The molecule has 2 rings (SSSR count). The number of aromatic hydroxyl groups is 1. The molecule has 0 spiro atoms. The molecule has 0 aliphatic rings. The maximum absolute atomic E-state index is 14.0. The zero-order valence-corrected chi connectivity index (χ0v) is 25.3. The number of alkyl carbamates (subject to hydrolysis) is 1. The minimum absolute atomic E-state index is 0.0649. The predicted octanol–water partition coefficient (Wildman–Crippen LogP) is 2.74. The highest BCUT2D eigenvalue weighted by atomic mass is 16.6. The van der Waals surface area contributed by atoms with Gasteiger partial charge in [-0.15, -0.1) is 0 Å². The molecule has 43 heavy (non-hydrogen) atoms. The van der Waals surface area contributed by atoms with E-state index in [2.05, 4.69) is 10.6 Å². The molecule has 0 bridgehead atoms. The maximum atomic E-state index is 14.0. The molecule has 0 heterocycles. The van der Waals surface area contributed by atoms with Crippen molar-refractivity contribution in [3.8, 4) is 11.8 Å². The highest BCUT2D eigenvalue weighted by Gasteiger charge is 2.38. The zero-order chi connectivity index (χ0) is 32.4. The monoisotopic (exact) mass is 596 g/mol. The van der Waals surface area contributed by atoms with E-state index in [0.717, 1.165) is 10.5 Å². The summed E-state index contributed by atoms with van der Waals surface area (Å²) >= 11 is 0. The van der Waals surface area contributed by atoms with Crippen molar-refractivity contribution in [1.29, 1.82) is 5.26 Å². The Hall–Kier alpha value is -4.63. The van der Waals surface area contributed by atoms with Crippen LogP contribution in [-0.4, -0.2) is 75.4 Å². The number of rotatable bonds is 11. The molecule has 0 aliphatic heterocycles. The lowest BCUT2D eigenvalue weighted by atomic mass is 10.0. The summed E-state index contributed by atoms with van der Waals surface area (Å²) in [5.74, 6) is -2.63. The van der Waals surface area contributed by atoms with Crippen LogP contribution in [0, 0.1) is 11.3 Å². The molecule has 232 valence electrons. The van der Waals surface area contributed by atoms with Crippen LogP contribution >= 0.6 is 0 Å². The Balaban J connectivity index is 2.52. The van der Waals surface area contributed by atoms with Crippen molar-refractivity contribution < 1.29 is 38.9 Å². The van der Waals surface area contributed by atoms with Crippen LogP contribution in [-0.2, 0) is 30.3 Å². The zero-order valence-electron chi connectivity index (χ0n) is 25.3. The van der Waals surface area contributed by atoms with Gasteiger partial charge in [-0.25, -0.2) is 9.59 Å². The van der Waals surface area contributed by atoms with Crippen LogP contribution in [0.1, 0.15) is 58.7 Å². The SMILES string of the molecule is CC(C)(C)OC(=O)NC(CO)C(=O)N(CC#N)C(C(=O)NC(Cc1ccccc1)C(=O)OC(C)(C)C)c1ccc(O)cc1. The minimum Gasteiger partial charge on any atom is -0.508 e. The smallest absolute Gasteiger partial charge is 0.408 e. The highest BCUT2D eigenvalue weighted by Crippen LogP contribution is 2.25. The average molecular weight is 597 g/mol. The number of benzene rings is 2. The fourth-order valence-electron chi connectivity index (χ4n) is 4.00. The second-order valence-corrected chi connectivity index (χ2v) is 11.8. The summed E-state index contributed by atoms with van der Waals surface area (Å²) in [4.78, 5) is 54.1. The lowest BCUT2D eigenvalue weighted by Crippen LogP contribution is -2.56. The van der Waals surface area contributed by atoms with Crippen LogP contribution in [0.25, 0.3) is 0 Å². The lowest BCUT2D eigenvalue weighted by Gasteiger charge is -2.33. The minimum atomic E-state index is -1.57. The second-order valence-electron chi connectivity index (χ2n) is 11.8. The number of aliphatic hydroxyl groups excluding tert-OH is 1. The van der Waals surface area contributed by atoms with E-state index in [-0.39, 0.29) is 17.7 Å². The van der Waals surface area contributed by atoms with E-state index in [9.17, 15) is 34.7 Å². The second kappa shape index (κ2) is 15.0. The van der Waals surface area contributed by atoms with Crippen LogP contribution in [0.15, 0.2) is 54.6 Å². The number of esters is 1. The van der Waals surface area contributed by atoms with Crippen molar-refractivity contribution in [2.45, 2.75) is 77.3 Å². The third-order valence-corrected chi connectivity index (χ3v) is 5.76. The molecular weight excluding hydrogens is 556 g/mol. The Morgan fingerprint density at radius 2 is 1.47 bits per heavy atom. The Morgan fingerprint density at radius 3 is 1.98 bits per heavy atom. The van der Waals surface area contributed by atoms with Crippen molar-refractivity contribution in [1.82, 2.24) is 15.5 Å². The van der Waals surface area contributed by atoms with E-state index in [4.69, 9.17) is 9.47 Å². The number of nitrogens with zero attached hydrogens (tertiary/aromatic N) is 2. The van der Waals surface area contributed by atoms with Crippen molar-refractivity contribution >= 4 is 23.9 Å². The van der Waals surface area contributed by atoms with Crippen LogP contribution in [0.3, 0.4) is 0 Å².